The highest BCUT2D eigenvalue weighted by Crippen LogP contribution is 2.23. The maximum Gasteiger partial charge on any atom is 0.122 e. The van der Waals surface area contributed by atoms with Crippen molar-refractivity contribution in [2.75, 3.05) is 6.61 Å². The van der Waals surface area contributed by atoms with Crippen molar-refractivity contribution in [2.24, 2.45) is 0 Å². The van der Waals surface area contributed by atoms with Crippen molar-refractivity contribution in [1.82, 2.24) is 14.9 Å². The third-order valence-corrected chi connectivity index (χ3v) is 3.39. The normalized spacial score (nSPS) is 23.8. The van der Waals surface area contributed by atoms with Gasteiger partial charge in [-0.15, -0.1) is 0 Å². The molecule has 0 amide bonds. The van der Waals surface area contributed by atoms with Crippen LogP contribution in [0.4, 0.5) is 0 Å². The standard InChI is InChI=1S/C13H23N3O/c1-4-16-7-6-14-12(16)10-15-11-5-8-17-13(2,3)9-11/h6-7,11,15H,4-5,8-10H2,1-3H3. The van der Waals surface area contributed by atoms with E-state index in [2.05, 4.69) is 35.6 Å². The van der Waals surface area contributed by atoms with Gasteiger partial charge in [-0.2, -0.15) is 0 Å². The van der Waals surface area contributed by atoms with Crippen LogP contribution in [0.25, 0.3) is 0 Å². The first-order valence-corrected chi connectivity index (χ1v) is 6.48. The molecule has 2 rings (SSSR count). The molecule has 1 atom stereocenters. The Hall–Kier alpha value is -0.870. The largest absolute Gasteiger partial charge is 0.375 e. The van der Waals surface area contributed by atoms with Gasteiger partial charge in [0.05, 0.1) is 12.1 Å². The Kier molecular flexibility index (Phi) is 3.84. The number of imidazole rings is 1. The van der Waals surface area contributed by atoms with E-state index in [4.69, 9.17) is 4.74 Å². The zero-order valence-corrected chi connectivity index (χ0v) is 11.1. The van der Waals surface area contributed by atoms with E-state index in [0.717, 1.165) is 38.4 Å². The summed E-state index contributed by atoms with van der Waals surface area (Å²) in [6.45, 7) is 9.15. The average molecular weight is 237 g/mol. The SMILES string of the molecule is CCn1ccnc1CNC1CCOC(C)(C)C1. The summed E-state index contributed by atoms with van der Waals surface area (Å²) < 4.78 is 7.89. The predicted molar refractivity (Wildman–Crippen MR) is 67.8 cm³/mol. The molecule has 96 valence electrons. The van der Waals surface area contributed by atoms with Gasteiger partial charge in [0.2, 0.25) is 0 Å². The van der Waals surface area contributed by atoms with Crippen molar-refractivity contribution in [2.45, 2.75) is 58.3 Å². The Morgan fingerprint density at radius 1 is 1.59 bits per heavy atom. The van der Waals surface area contributed by atoms with Crippen molar-refractivity contribution in [3.05, 3.63) is 18.2 Å². The molecular formula is C13H23N3O. The predicted octanol–water partition coefficient (Wildman–Crippen LogP) is 1.95. The molecule has 0 aliphatic carbocycles. The highest BCUT2D eigenvalue weighted by atomic mass is 16.5. The van der Waals surface area contributed by atoms with Crippen LogP contribution in [0.3, 0.4) is 0 Å². The molecular weight excluding hydrogens is 214 g/mol. The summed E-state index contributed by atoms with van der Waals surface area (Å²) in [6.07, 6.45) is 6.06. The van der Waals surface area contributed by atoms with Gasteiger partial charge in [-0.3, -0.25) is 0 Å². The minimum Gasteiger partial charge on any atom is -0.375 e. The van der Waals surface area contributed by atoms with Crippen molar-refractivity contribution in [3.63, 3.8) is 0 Å². The lowest BCUT2D eigenvalue weighted by Gasteiger charge is -2.35. The van der Waals surface area contributed by atoms with E-state index in [-0.39, 0.29) is 5.60 Å². The second-order valence-corrected chi connectivity index (χ2v) is 5.31. The molecule has 1 fully saturated rings. The number of aryl methyl sites for hydroxylation is 1. The Bertz CT molecular complexity index is 359. The molecule has 1 aliphatic heterocycles. The fourth-order valence-electron chi connectivity index (χ4n) is 2.44. The highest BCUT2D eigenvalue weighted by molar-refractivity contribution is 4.93. The maximum atomic E-state index is 5.72. The molecule has 0 bridgehead atoms. The van der Waals surface area contributed by atoms with E-state index in [0.29, 0.717) is 6.04 Å². The van der Waals surface area contributed by atoms with Gasteiger partial charge in [0, 0.05) is 31.6 Å². The van der Waals surface area contributed by atoms with Crippen LogP contribution in [0.2, 0.25) is 0 Å². The van der Waals surface area contributed by atoms with Gasteiger partial charge in [-0.05, 0) is 33.6 Å². The molecule has 1 aliphatic rings. The van der Waals surface area contributed by atoms with Gasteiger partial charge in [-0.1, -0.05) is 0 Å². The van der Waals surface area contributed by atoms with Gasteiger partial charge in [0.1, 0.15) is 5.82 Å². The first-order chi connectivity index (χ1) is 8.11. The van der Waals surface area contributed by atoms with Gasteiger partial charge < -0.3 is 14.6 Å². The van der Waals surface area contributed by atoms with E-state index in [1.807, 2.05) is 12.4 Å². The lowest BCUT2D eigenvalue weighted by atomic mass is 9.94. The number of aromatic nitrogens is 2. The first-order valence-electron chi connectivity index (χ1n) is 6.48. The fraction of sp³-hybridized carbons (Fsp3) is 0.769. The number of nitrogens with zero attached hydrogens (tertiary/aromatic N) is 2. The summed E-state index contributed by atoms with van der Waals surface area (Å²) in [7, 11) is 0. The molecule has 1 saturated heterocycles. The van der Waals surface area contributed by atoms with Crippen LogP contribution in [0, 0.1) is 0 Å². The van der Waals surface area contributed by atoms with Gasteiger partial charge >= 0.3 is 0 Å². The third kappa shape index (κ3) is 3.30. The van der Waals surface area contributed by atoms with Crippen molar-refractivity contribution < 1.29 is 4.74 Å². The minimum atomic E-state index is 0.0100. The van der Waals surface area contributed by atoms with Crippen LogP contribution in [0.15, 0.2) is 12.4 Å². The van der Waals surface area contributed by atoms with E-state index >= 15 is 0 Å². The molecule has 0 radical (unpaired) electrons. The number of hydrogen-bond acceptors (Lipinski definition) is 3. The van der Waals surface area contributed by atoms with Gasteiger partial charge in [0.25, 0.3) is 0 Å². The van der Waals surface area contributed by atoms with E-state index in [1.165, 1.54) is 0 Å². The molecule has 1 unspecified atom stereocenters. The number of hydrogen-bond donors (Lipinski definition) is 1. The van der Waals surface area contributed by atoms with Crippen LogP contribution < -0.4 is 5.32 Å². The quantitative estimate of drug-likeness (QED) is 0.870. The molecule has 0 saturated carbocycles. The summed E-state index contributed by atoms with van der Waals surface area (Å²) in [5.74, 6) is 1.12. The molecule has 0 spiro atoms. The summed E-state index contributed by atoms with van der Waals surface area (Å²) in [4.78, 5) is 4.38. The summed E-state index contributed by atoms with van der Waals surface area (Å²) >= 11 is 0. The number of nitrogens with one attached hydrogen (secondary N) is 1. The Morgan fingerprint density at radius 3 is 3.12 bits per heavy atom. The number of ether oxygens (including phenoxy) is 1. The average Bonchev–Trinajstić information content (AvgIpc) is 2.72. The zero-order chi connectivity index (χ0) is 12.3. The summed E-state index contributed by atoms with van der Waals surface area (Å²) in [5, 5.41) is 3.59. The maximum absolute atomic E-state index is 5.72. The molecule has 4 nitrogen and oxygen atoms in total. The van der Waals surface area contributed by atoms with Gasteiger partial charge in [0.15, 0.2) is 0 Å². The second-order valence-electron chi connectivity index (χ2n) is 5.31. The molecule has 4 heteroatoms. The zero-order valence-electron chi connectivity index (χ0n) is 11.1. The Morgan fingerprint density at radius 2 is 2.41 bits per heavy atom. The Balaban J connectivity index is 1.86. The van der Waals surface area contributed by atoms with Crippen LogP contribution in [0.1, 0.15) is 39.4 Å². The summed E-state index contributed by atoms with van der Waals surface area (Å²) in [5.41, 5.74) is 0.0100. The summed E-state index contributed by atoms with van der Waals surface area (Å²) in [6, 6.07) is 0.542. The van der Waals surface area contributed by atoms with Crippen LogP contribution in [0.5, 0.6) is 0 Å². The molecule has 1 N–H and O–H groups in total. The molecule has 17 heavy (non-hydrogen) atoms. The monoisotopic (exact) mass is 237 g/mol. The smallest absolute Gasteiger partial charge is 0.122 e. The lowest BCUT2D eigenvalue weighted by molar-refractivity contribution is -0.0631. The number of rotatable bonds is 4. The van der Waals surface area contributed by atoms with Gasteiger partial charge in [-0.25, -0.2) is 4.98 Å². The second kappa shape index (κ2) is 5.19. The van der Waals surface area contributed by atoms with Crippen LogP contribution in [-0.4, -0.2) is 27.8 Å². The molecule has 2 heterocycles. The molecule has 1 aromatic heterocycles. The van der Waals surface area contributed by atoms with Crippen molar-refractivity contribution in [1.29, 1.82) is 0 Å². The minimum absolute atomic E-state index is 0.0100. The highest BCUT2D eigenvalue weighted by Gasteiger charge is 2.28. The lowest BCUT2D eigenvalue weighted by Crippen LogP contribution is -2.43. The van der Waals surface area contributed by atoms with Crippen molar-refractivity contribution in [3.8, 4) is 0 Å². The topological polar surface area (TPSA) is 39.1 Å². The Labute approximate surface area is 103 Å². The van der Waals surface area contributed by atoms with Crippen LogP contribution in [-0.2, 0) is 17.8 Å². The van der Waals surface area contributed by atoms with E-state index < -0.39 is 0 Å². The van der Waals surface area contributed by atoms with Crippen molar-refractivity contribution >= 4 is 0 Å². The van der Waals surface area contributed by atoms with Crippen LogP contribution >= 0.6 is 0 Å². The molecule has 0 aromatic carbocycles. The first kappa shape index (κ1) is 12.6. The molecule has 1 aromatic rings. The third-order valence-electron chi connectivity index (χ3n) is 3.39. The fourth-order valence-corrected chi connectivity index (χ4v) is 2.44. The van der Waals surface area contributed by atoms with E-state index in [1.54, 1.807) is 0 Å². The van der Waals surface area contributed by atoms with E-state index in [9.17, 15) is 0 Å².